The van der Waals surface area contributed by atoms with Crippen LogP contribution in [0.5, 0.6) is 0 Å². The molecule has 0 N–H and O–H groups in total. The molecule has 0 fully saturated rings. The maximum atomic E-state index is 12.4. The third-order valence-corrected chi connectivity index (χ3v) is 4.43. The first kappa shape index (κ1) is 16.4. The lowest BCUT2D eigenvalue weighted by molar-refractivity contribution is 0.108. The van der Waals surface area contributed by atoms with Crippen LogP contribution in [0.4, 0.5) is 0 Å². The molecule has 0 aliphatic carbocycles. The van der Waals surface area contributed by atoms with Crippen LogP contribution in [0.15, 0.2) is 95.4 Å². The van der Waals surface area contributed by atoms with Crippen molar-refractivity contribution in [3.05, 3.63) is 96.6 Å². The summed E-state index contributed by atoms with van der Waals surface area (Å²) in [6.07, 6.45) is 0. The predicted octanol–water partition coefficient (Wildman–Crippen LogP) is 6.66. The molecule has 1 aromatic heterocycles. The lowest BCUT2D eigenvalue weighted by Gasteiger charge is -2.04. The Morgan fingerprint density at radius 1 is 0.615 bits per heavy atom. The maximum absolute atomic E-state index is 12.4. The van der Waals surface area contributed by atoms with Crippen LogP contribution in [0.1, 0.15) is 10.4 Å². The van der Waals surface area contributed by atoms with Crippen molar-refractivity contribution in [1.29, 1.82) is 0 Å². The highest BCUT2D eigenvalue weighted by Crippen LogP contribution is 2.43. The van der Waals surface area contributed by atoms with Gasteiger partial charge in [0, 0.05) is 16.7 Å². The average molecular weight is 359 g/mol. The zero-order valence-corrected chi connectivity index (χ0v) is 14.6. The minimum atomic E-state index is -0.534. The maximum Gasteiger partial charge on any atom is 0.256 e. The van der Waals surface area contributed by atoms with Gasteiger partial charge in [0.1, 0.15) is 11.5 Å². The van der Waals surface area contributed by atoms with Gasteiger partial charge < -0.3 is 4.42 Å². The van der Waals surface area contributed by atoms with Crippen molar-refractivity contribution >= 4 is 16.8 Å². The molecule has 0 bridgehead atoms. The number of carbonyl (C=O) groups excluding carboxylic acids is 1. The van der Waals surface area contributed by atoms with Crippen LogP contribution in [0.25, 0.3) is 33.8 Å². The molecule has 4 aromatic rings. The second kappa shape index (κ2) is 7.03. The average Bonchev–Trinajstić information content (AvgIpc) is 3.11. The fourth-order valence-electron chi connectivity index (χ4n) is 3.08. The van der Waals surface area contributed by atoms with Gasteiger partial charge in [-0.2, -0.15) is 0 Å². The third-order valence-electron chi connectivity index (χ3n) is 4.24. The van der Waals surface area contributed by atoms with Crippen LogP contribution in [-0.4, -0.2) is 5.24 Å². The molecule has 0 spiro atoms. The predicted molar refractivity (Wildman–Crippen MR) is 105 cm³/mol. The lowest BCUT2D eigenvalue weighted by atomic mass is 9.96. The van der Waals surface area contributed by atoms with Crippen LogP contribution in [0, 0.1) is 0 Å². The Hall–Kier alpha value is -3.10. The molecule has 0 saturated carbocycles. The summed E-state index contributed by atoms with van der Waals surface area (Å²) in [6, 6.07) is 29.0. The van der Waals surface area contributed by atoms with Crippen LogP contribution in [0.2, 0.25) is 0 Å². The molecule has 3 heteroatoms. The van der Waals surface area contributed by atoms with E-state index in [2.05, 4.69) is 0 Å². The van der Waals surface area contributed by atoms with E-state index in [0.29, 0.717) is 17.1 Å². The minimum absolute atomic E-state index is 0.392. The highest BCUT2D eigenvalue weighted by molar-refractivity contribution is 6.69. The second-order valence-electron chi connectivity index (χ2n) is 5.88. The standard InChI is InChI=1S/C23H15ClO2/c24-23(25)20-19(16-10-4-1-5-11-16)21(17-12-6-2-7-13-17)26-22(20)18-14-8-3-9-15-18/h1-15H. The van der Waals surface area contributed by atoms with Crippen molar-refractivity contribution < 1.29 is 9.21 Å². The van der Waals surface area contributed by atoms with Crippen molar-refractivity contribution in [1.82, 2.24) is 0 Å². The quantitative estimate of drug-likeness (QED) is 0.382. The smallest absolute Gasteiger partial charge is 0.256 e. The van der Waals surface area contributed by atoms with Gasteiger partial charge in [-0.25, -0.2) is 0 Å². The van der Waals surface area contributed by atoms with Gasteiger partial charge in [-0.3, -0.25) is 4.79 Å². The largest absolute Gasteiger partial charge is 0.455 e. The molecule has 0 radical (unpaired) electrons. The van der Waals surface area contributed by atoms with Crippen molar-refractivity contribution in [2.45, 2.75) is 0 Å². The molecule has 0 unspecified atom stereocenters. The number of benzene rings is 3. The molecule has 0 atom stereocenters. The number of furan rings is 1. The summed E-state index contributed by atoms with van der Waals surface area (Å²) >= 11 is 6.02. The van der Waals surface area contributed by atoms with E-state index in [1.807, 2.05) is 91.0 Å². The second-order valence-corrected chi connectivity index (χ2v) is 6.23. The molecular formula is C23H15ClO2. The highest BCUT2D eigenvalue weighted by atomic mass is 35.5. The molecule has 0 aliphatic heterocycles. The Morgan fingerprint density at radius 2 is 1.04 bits per heavy atom. The van der Waals surface area contributed by atoms with E-state index >= 15 is 0 Å². The fraction of sp³-hybridized carbons (Fsp3) is 0. The van der Waals surface area contributed by atoms with Gasteiger partial charge in [0.15, 0.2) is 0 Å². The number of hydrogen-bond donors (Lipinski definition) is 0. The van der Waals surface area contributed by atoms with E-state index in [1.165, 1.54) is 0 Å². The Kier molecular flexibility index (Phi) is 4.42. The summed E-state index contributed by atoms with van der Waals surface area (Å²) in [4.78, 5) is 12.4. The van der Waals surface area contributed by atoms with Crippen LogP contribution < -0.4 is 0 Å². The highest BCUT2D eigenvalue weighted by Gasteiger charge is 2.27. The SMILES string of the molecule is O=C(Cl)c1c(-c2ccccc2)oc(-c2ccccc2)c1-c1ccccc1. The topological polar surface area (TPSA) is 30.2 Å². The molecule has 0 amide bonds. The fourth-order valence-corrected chi connectivity index (χ4v) is 3.26. The first-order valence-electron chi connectivity index (χ1n) is 8.28. The van der Waals surface area contributed by atoms with Crippen molar-refractivity contribution in [3.63, 3.8) is 0 Å². The number of hydrogen-bond acceptors (Lipinski definition) is 2. The van der Waals surface area contributed by atoms with Crippen molar-refractivity contribution in [3.8, 4) is 33.8 Å². The van der Waals surface area contributed by atoms with Crippen LogP contribution in [-0.2, 0) is 0 Å². The molecule has 26 heavy (non-hydrogen) atoms. The Balaban J connectivity index is 2.07. The molecular weight excluding hydrogens is 344 g/mol. The third kappa shape index (κ3) is 2.96. The van der Waals surface area contributed by atoms with E-state index in [0.717, 1.165) is 22.3 Å². The van der Waals surface area contributed by atoms with Gasteiger partial charge in [-0.1, -0.05) is 91.0 Å². The van der Waals surface area contributed by atoms with Gasteiger partial charge in [-0.15, -0.1) is 0 Å². The normalized spacial score (nSPS) is 10.7. The van der Waals surface area contributed by atoms with E-state index < -0.39 is 5.24 Å². The molecule has 0 aliphatic rings. The molecule has 4 rings (SSSR count). The Bertz CT molecular complexity index is 1040. The summed E-state index contributed by atoms with van der Waals surface area (Å²) in [5, 5.41) is -0.534. The zero-order valence-electron chi connectivity index (χ0n) is 13.9. The van der Waals surface area contributed by atoms with E-state index in [-0.39, 0.29) is 0 Å². The molecule has 0 saturated heterocycles. The Labute approximate surface area is 156 Å². The molecule has 3 aromatic carbocycles. The van der Waals surface area contributed by atoms with Gasteiger partial charge in [0.2, 0.25) is 0 Å². The van der Waals surface area contributed by atoms with Gasteiger partial charge >= 0.3 is 0 Å². The summed E-state index contributed by atoms with van der Waals surface area (Å²) in [5.41, 5.74) is 3.71. The van der Waals surface area contributed by atoms with Gasteiger partial charge in [0.25, 0.3) is 5.24 Å². The molecule has 126 valence electrons. The first-order chi connectivity index (χ1) is 12.8. The molecule has 2 nitrogen and oxygen atoms in total. The number of carbonyl (C=O) groups is 1. The van der Waals surface area contributed by atoms with E-state index in [1.54, 1.807) is 0 Å². The lowest BCUT2D eigenvalue weighted by Crippen LogP contribution is -1.93. The van der Waals surface area contributed by atoms with Crippen LogP contribution in [0.3, 0.4) is 0 Å². The van der Waals surface area contributed by atoms with Crippen molar-refractivity contribution in [2.24, 2.45) is 0 Å². The minimum Gasteiger partial charge on any atom is -0.455 e. The summed E-state index contributed by atoms with van der Waals surface area (Å²) < 4.78 is 6.23. The number of halogens is 1. The Morgan fingerprint density at radius 3 is 1.50 bits per heavy atom. The molecule has 1 heterocycles. The monoisotopic (exact) mass is 358 g/mol. The summed E-state index contributed by atoms with van der Waals surface area (Å²) in [6.45, 7) is 0. The first-order valence-corrected chi connectivity index (χ1v) is 8.66. The van der Waals surface area contributed by atoms with E-state index in [4.69, 9.17) is 16.0 Å². The van der Waals surface area contributed by atoms with Crippen LogP contribution >= 0.6 is 11.6 Å². The van der Waals surface area contributed by atoms with Crippen molar-refractivity contribution in [2.75, 3.05) is 0 Å². The van der Waals surface area contributed by atoms with Gasteiger partial charge in [-0.05, 0) is 17.2 Å². The van der Waals surface area contributed by atoms with Gasteiger partial charge in [0.05, 0.1) is 5.56 Å². The van der Waals surface area contributed by atoms with E-state index in [9.17, 15) is 4.79 Å². The zero-order chi connectivity index (χ0) is 17.9. The summed E-state index contributed by atoms with van der Waals surface area (Å²) in [5.74, 6) is 1.13. The summed E-state index contributed by atoms with van der Waals surface area (Å²) in [7, 11) is 0. The number of rotatable bonds is 4.